The largest absolute Gasteiger partial charge is 0.463 e. The van der Waals surface area contributed by atoms with Gasteiger partial charge in [0, 0.05) is 6.20 Å². The van der Waals surface area contributed by atoms with Crippen molar-refractivity contribution in [3.05, 3.63) is 32.1 Å². The number of H-pyrrole nitrogens is 1. The Labute approximate surface area is 137 Å². The Morgan fingerprint density at radius 1 is 1.48 bits per heavy atom. The molecule has 1 aliphatic heterocycles. The SMILES string of the molecule is CC(C)C(=O)OCC1CCC(n2cc(Cl)c(=O)[nH]c2=O)O1.CF. The molecule has 0 saturated carbocycles. The van der Waals surface area contributed by atoms with Gasteiger partial charge in [0.2, 0.25) is 0 Å². The van der Waals surface area contributed by atoms with Gasteiger partial charge in [-0.15, -0.1) is 0 Å². The topological polar surface area (TPSA) is 90.4 Å². The van der Waals surface area contributed by atoms with Gasteiger partial charge in [-0.05, 0) is 12.8 Å². The van der Waals surface area contributed by atoms with Crippen LogP contribution in [0.1, 0.15) is 32.9 Å². The van der Waals surface area contributed by atoms with Crippen LogP contribution >= 0.6 is 11.6 Å². The van der Waals surface area contributed by atoms with Crippen LogP contribution < -0.4 is 11.2 Å². The lowest BCUT2D eigenvalue weighted by molar-refractivity contribution is -0.152. The summed E-state index contributed by atoms with van der Waals surface area (Å²) in [5.41, 5.74) is -1.20. The van der Waals surface area contributed by atoms with Crippen molar-refractivity contribution in [3.8, 4) is 0 Å². The Morgan fingerprint density at radius 3 is 2.74 bits per heavy atom. The Bertz CT molecular complexity index is 643. The number of aromatic nitrogens is 2. The highest BCUT2D eigenvalue weighted by Gasteiger charge is 2.28. The second kappa shape index (κ2) is 8.83. The fourth-order valence-corrected chi connectivity index (χ4v) is 2.18. The highest BCUT2D eigenvalue weighted by Crippen LogP contribution is 2.27. The fourth-order valence-electron chi connectivity index (χ4n) is 2.03. The Balaban J connectivity index is 0.00000127. The number of nitrogens with zero attached hydrogens (tertiary/aromatic N) is 1. The maximum atomic E-state index is 11.7. The molecule has 1 aliphatic rings. The van der Waals surface area contributed by atoms with Crippen molar-refractivity contribution in [2.45, 2.75) is 39.0 Å². The molecule has 1 fully saturated rings. The first-order valence-electron chi connectivity index (χ1n) is 7.09. The number of carbonyl (C=O) groups is 1. The maximum absolute atomic E-state index is 11.7. The van der Waals surface area contributed by atoms with E-state index in [2.05, 4.69) is 4.98 Å². The zero-order valence-electron chi connectivity index (χ0n) is 13.2. The number of nitrogens with one attached hydrogen (secondary N) is 1. The molecule has 0 bridgehead atoms. The van der Waals surface area contributed by atoms with Crippen LogP contribution in [0.25, 0.3) is 0 Å². The minimum atomic E-state index is -0.627. The van der Waals surface area contributed by atoms with Gasteiger partial charge in [0.1, 0.15) is 17.9 Å². The molecule has 2 rings (SSSR count). The van der Waals surface area contributed by atoms with Crippen LogP contribution in [0.5, 0.6) is 0 Å². The summed E-state index contributed by atoms with van der Waals surface area (Å²) in [6, 6.07) is 0. The molecule has 0 amide bonds. The van der Waals surface area contributed by atoms with Crippen LogP contribution in [0.2, 0.25) is 5.02 Å². The standard InChI is InChI=1S/C13H17ClN2O5.CH3F/c1-7(2)12(18)20-6-8-3-4-10(21-8)16-5-9(14)11(17)15-13(16)19;1-2/h5,7-8,10H,3-4,6H2,1-2H3,(H,15,17,19);1H3. The van der Waals surface area contributed by atoms with E-state index in [9.17, 15) is 18.8 Å². The number of hydrogen-bond donors (Lipinski definition) is 1. The summed E-state index contributed by atoms with van der Waals surface area (Å²) in [5.74, 6) is -0.478. The van der Waals surface area contributed by atoms with Crippen LogP contribution in [0.4, 0.5) is 4.39 Å². The molecule has 7 nitrogen and oxygen atoms in total. The Morgan fingerprint density at radius 2 is 2.13 bits per heavy atom. The van der Waals surface area contributed by atoms with E-state index >= 15 is 0 Å². The van der Waals surface area contributed by atoms with E-state index in [0.717, 1.165) is 0 Å². The van der Waals surface area contributed by atoms with Crippen LogP contribution in [-0.4, -0.2) is 35.4 Å². The average Bonchev–Trinajstić information content (AvgIpc) is 2.99. The number of halogens is 2. The van der Waals surface area contributed by atoms with Crippen LogP contribution in [-0.2, 0) is 14.3 Å². The molecule has 0 spiro atoms. The van der Waals surface area contributed by atoms with E-state index < -0.39 is 17.5 Å². The quantitative estimate of drug-likeness (QED) is 0.834. The summed E-state index contributed by atoms with van der Waals surface area (Å²) in [6.45, 7) is 3.66. The minimum absolute atomic E-state index is 0.0760. The smallest absolute Gasteiger partial charge is 0.330 e. The van der Waals surface area contributed by atoms with Crippen molar-refractivity contribution in [3.63, 3.8) is 0 Å². The number of carbonyl (C=O) groups excluding carboxylic acids is 1. The summed E-state index contributed by atoms with van der Waals surface area (Å²) < 4.78 is 21.5. The molecule has 9 heteroatoms. The Kier molecular flexibility index (Phi) is 7.44. The van der Waals surface area contributed by atoms with Crippen LogP contribution in [0.3, 0.4) is 0 Å². The number of hydrogen-bond acceptors (Lipinski definition) is 5. The molecule has 1 aromatic heterocycles. The molecular weight excluding hydrogens is 331 g/mol. The predicted molar refractivity (Wildman–Crippen MR) is 82.3 cm³/mol. The molecule has 2 atom stereocenters. The van der Waals surface area contributed by atoms with Crippen molar-refractivity contribution in [2.24, 2.45) is 5.92 Å². The molecule has 0 aromatic carbocycles. The van der Waals surface area contributed by atoms with E-state index in [4.69, 9.17) is 21.1 Å². The number of ether oxygens (including phenoxy) is 2. The predicted octanol–water partition coefficient (Wildman–Crippen LogP) is 1.65. The van der Waals surface area contributed by atoms with Gasteiger partial charge in [0.15, 0.2) is 0 Å². The summed E-state index contributed by atoms with van der Waals surface area (Å²) in [5, 5.41) is -0.0760. The molecule has 0 aliphatic carbocycles. The lowest BCUT2D eigenvalue weighted by Crippen LogP contribution is -2.32. The Hall–Kier alpha value is -1.67. The second-order valence-corrected chi connectivity index (χ2v) is 5.63. The minimum Gasteiger partial charge on any atom is -0.463 e. The molecule has 23 heavy (non-hydrogen) atoms. The zero-order valence-corrected chi connectivity index (χ0v) is 13.9. The lowest BCUT2D eigenvalue weighted by Gasteiger charge is -2.16. The van der Waals surface area contributed by atoms with Gasteiger partial charge in [0.25, 0.3) is 5.56 Å². The van der Waals surface area contributed by atoms with E-state index in [1.54, 1.807) is 13.8 Å². The van der Waals surface area contributed by atoms with Gasteiger partial charge in [0.05, 0.1) is 19.2 Å². The van der Waals surface area contributed by atoms with E-state index in [-0.39, 0.29) is 29.6 Å². The third-order valence-electron chi connectivity index (χ3n) is 3.20. The normalized spacial score (nSPS) is 20.1. The average molecular weight is 351 g/mol. The third-order valence-corrected chi connectivity index (χ3v) is 3.47. The van der Waals surface area contributed by atoms with Gasteiger partial charge >= 0.3 is 11.7 Å². The number of alkyl halides is 1. The third kappa shape index (κ3) is 5.18. The highest BCUT2D eigenvalue weighted by atomic mass is 35.5. The van der Waals surface area contributed by atoms with E-state index in [1.807, 2.05) is 0 Å². The second-order valence-electron chi connectivity index (χ2n) is 5.22. The molecule has 130 valence electrons. The number of aromatic amines is 1. The molecule has 0 radical (unpaired) electrons. The van der Waals surface area contributed by atoms with Gasteiger partial charge in [-0.25, -0.2) is 4.79 Å². The monoisotopic (exact) mass is 350 g/mol. The van der Waals surface area contributed by atoms with E-state index in [0.29, 0.717) is 20.0 Å². The number of rotatable bonds is 4. The lowest BCUT2D eigenvalue weighted by atomic mass is 10.2. The maximum Gasteiger partial charge on any atom is 0.330 e. The van der Waals surface area contributed by atoms with Gasteiger partial charge in [-0.1, -0.05) is 25.4 Å². The molecule has 2 unspecified atom stereocenters. The van der Waals surface area contributed by atoms with Crippen molar-refractivity contribution in [1.29, 1.82) is 0 Å². The summed E-state index contributed by atoms with van der Waals surface area (Å²) in [7, 11) is 0.500. The molecule has 1 N–H and O–H groups in total. The summed E-state index contributed by atoms with van der Waals surface area (Å²) >= 11 is 5.71. The van der Waals surface area contributed by atoms with Crippen molar-refractivity contribution in [1.82, 2.24) is 9.55 Å². The summed E-state index contributed by atoms with van der Waals surface area (Å²) in [6.07, 6.45) is 1.70. The van der Waals surface area contributed by atoms with Gasteiger partial charge < -0.3 is 9.47 Å². The summed E-state index contributed by atoms with van der Waals surface area (Å²) in [4.78, 5) is 36.5. The fraction of sp³-hybridized carbons (Fsp3) is 0.643. The van der Waals surface area contributed by atoms with Crippen LogP contribution in [0, 0.1) is 5.92 Å². The molecular formula is C14H20ClFN2O5. The molecule has 1 aromatic rings. The first-order valence-corrected chi connectivity index (χ1v) is 7.47. The highest BCUT2D eigenvalue weighted by molar-refractivity contribution is 6.30. The van der Waals surface area contributed by atoms with Crippen LogP contribution in [0.15, 0.2) is 15.8 Å². The first-order chi connectivity index (χ1) is 10.9. The van der Waals surface area contributed by atoms with E-state index in [1.165, 1.54) is 10.8 Å². The zero-order chi connectivity index (χ0) is 17.6. The van der Waals surface area contributed by atoms with Crippen molar-refractivity contribution < 1.29 is 18.7 Å². The first kappa shape index (κ1) is 19.4. The number of esters is 1. The molecule has 2 heterocycles. The van der Waals surface area contributed by atoms with Crippen molar-refractivity contribution >= 4 is 17.6 Å². The van der Waals surface area contributed by atoms with Crippen molar-refractivity contribution in [2.75, 3.05) is 13.8 Å². The molecule has 1 saturated heterocycles. The van der Waals surface area contributed by atoms with Gasteiger partial charge in [-0.2, -0.15) is 0 Å². The van der Waals surface area contributed by atoms with Gasteiger partial charge in [-0.3, -0.25) is 23.5 Å².